The zero-order chi connectivity index (χ0) is 22.4. The molecule has 8 nitrogen and oxygen atoms in total. The van der Waals surface area contributed by atoms with Gasteiger partial charge in [-0.1, -0.05) is 26.8 Å². The first-order chi connectivity index (χ1) is 14.7. The maximum Gasteiger partial charge on any atom is 0.407 e. The summed E-state index contributed by atoms with van der Waals surface area (Å²) in [7, 11) is 0. The maximum atomic E-state index is 11.9. The van der Waals surface area contributed by atoms with Gasteiger partial charge in [-0.3, -0.25) is 4.79 Å². The highest BCUT2D eigenvalue weighted by Crippen LogP contribution is 2.31. The van der Waals surface area contributed by atoms with E-state index in [0.717, 1.165) is 37.2 Å². The summed E-state index contributed by atoms with van der Waals surface area (Å²) >= 11 is 0. The van der Waals surface area contributed by atoms with Crippen LogP contribution in [0.1, 0.15) is 45.6 Å². The van der Waals surface area contributed by atoms with Crippen LogP contribution in [0.5, 0.6) is 5.75 Å². The van der Waals surface area contributed by atoms with E-state index in [1.807, 2.05) is 39.0 Å². The molecule has 2 heterocycles. The predicted octanol–water partition coefficient (Wildman–Crippen LogP) is 2.55. The first-order valence-corrected chi connectivity index (χ1v) is 11.1. The van der Waals surface area contributed by atoms with Crippen LogP contribution >= 0.6 is 0 Å². The van der Waals surface area contributed by atoms with E-state index in [1.54, 1.807) is 0 Å². The molecule has 1 aromatic rings. The molecule has 0 bridgehead atoms. The second-order valence-electron chi connectivity index (χ2n) is 9.65. The minimum absolute atomic E-state index is 0.0186. The van der Waals surface area contributed by atoms with E-state index in [9.17, 15) is 14.7 Å². The Labute approximate surface area is 184 Å². The van der Waals surface area contributed by atoms with Crippen molar-refractivity contribution in [1.82, 2.24) is 10.2 Å². The standard InChI is InChI=1S/C23H35N3O5/c1-23(2,3)15-31-22(29)24-16-9-11-26(12-10-16)13-17(27)14-30-20-6-4-5-19-18(20)7-8-21(28)25-19/h4-6,16-17,27H,7-15H2,1-3H3,(H,24,29)(H,25,28). The van der Waals surface area contributed by atoms with Crippen molar-refractivity contribution < 1.29 is 24.2 Å². The molecule has 0 radical (unpaired) electrons. The normalized spacial score (nSPS) is 18.6. The Balaban J connectivity index is 1.37. The van der Waals surface area contributed by atoms with Crippen LogP contribution in [0.15, 0.2) is 18.2 Å². The third-order valence-corrected chi connectivity index (χ3v) is 5.46. The summed E-state index contributed by atoms with van der Waals surface area (Å²) in [5, 5.41) is 16.2. The van der Waals surface area contributed by atoms with Gasteiger partial charge in [0, 0.05) is 43.3 Å². The highest BCUT2D eigenvalue weighted by molar-refractivity contribution is 5.94. The molecule has 2 aliphatic rings. The molecule has 172 valence electrons. The van der Waals surface area contributed by atoms with Crippen LogP contribution in [0, 0.1) is 5.41 Å². The number of alkyl carbamates (subject to hydrolysis) is 1. The molecule has 0 spiro atoms. The summed E-state index contributed by atoms with van der Waals surface area (Å²) in [6, 6.07) is 5.69. The van der Waals surface area contributed by atoms with E-state index in [-0.39, 0.29) is 30.1 Å². The first kappa shape index (κ1) is 23.3. The summed E-state index contributed by atoms with van der Waals surface area (Å²) in [6.45, 7) is 8.78. The molecule has 3 rings (SSSR count). The number of likely N-dealkylation sites (tertiary alicyclic amines) is 1. The third kappa shape index (κ3) is 7.40. The van der Waals surface area contributed by atoms with Gasteiger partial charge in [0.05, 0.1) is 6.61 Å². The van der Waals surface area contributed by atoms with Crippen molar-refractivity contribution in [3.05, 3.63) is 23.8 Å². The molecule has 1 saturated heterocycles. The van der Waals surface area contributed by atoms with E-state index >= 15 is 0 Å². The minimum Gasteiger partial charge on any atom is -0.490 e. The molecule has 8 heteroatoms. The number of rotatable bonds is 7. The van der Waals surface area contributed by atoms with E-state index in [0.29, 0.717) is 31.7 Å². The molecule has 0 saturated carbocycles. The number of piperidine rings is 1. The lowest BCUT2D eigenvalue weighted by Crippen LogP contribution is -2.47. The summed E-state index contributed by atoms with van der Waals surface area (Å²) < 4.78 is 11.1. The van der Waals surface area contributed by atoms with Crippen molar-refractivity contribution >= 4 is 17.7 Å². The number of nitrogens with one attached hydrogen (secondary N) is 2. The fourth-order valence-electron chi connectivity index (χ4n) is 3.81. The quantitative estimate of drug-likeness (QED) is 0.611. The number of benzene rings is 1. The molecule has 0 aromatic heterocycles. The van der Waals surface area contributed by atoms with E-state index in [2.05, 4.69) is 15.5 Å². The zero-order valence-electron chi connectivity index (χ0n) is 18.8. The van der Waals surface area contributed by atoms with Gasteiger partial charge < -0.3 is 30.1 Å². The van der Waals surface area contributed by atoms with Gasteiger partial charge in [-0.15, -0.1) is 0 Å². The minimum atomic E-state index is -0.615. The van der Waals surface area contributed by atoms with E-state index < -0.39 is 6.10 Å². The van der Waals surface area contributed by atoms with Gasteiger partial charge in [0.2, 0.25) is 5.91 Å². The van der Waals surface area contributed by atoms with Crippen LogP contribution < -0.4 is 15.4 Å². The second-order valence-corrected chi connectivity index (χ2v) is 9.65. The van der Waals surface area contributed by atoms with Gasteiger partial charge in [-0.2, -0.15) is 0 Å². The van der Waals surface area contributed by atoms with Gasteiger partial charge in [0.15, 0.2) is 0 Å². The van der Waals surface area contributed by atoms with Crippen molar-refractivity contribution in [3.63, 3.8) is 0 Å². The predicted molar refractivity (Wildman–Crippen MR) is 118 cm³/mol. The summed E-state index contributed by atoms with van der Waals surface area (Å²) in [5.41, 5.74) is 1.73. The molecular formula is C23H35N3O5. The Morgan fingerprint density at radius 1 is 1.29 bits per heavy atom. The van der Waals surface area contributed by atoms with Gasteiger partial charge in [-0.05, 0) is 36.8 Å². The van der Waals surface area contributed by atoms with Gasteiger partial charge in [-0.25, -0.2) is 4.79 Å². The second kappa shape index (κ2) is 10.3. The monoisotopic (exact) mass is 433 g/mol. The van der Waals surface area contributed by atoms with Crippen molar-refractivity contribution in [3.8, 4) is 5.75 Å². The summed E-state index contributed by atoms with van der Waals surface area (Å²) in [5.74, 6) is 0.735. The smallest absolute Gasteiger partial charge is 0.407 e. The Hall–Kier alpha value is -2.32. The molecule has 3 N–H and O–H groups in total. The number of ether oxygens (including phenoxy) is 2. The van der Waals surface area contributed by atoms with Crippen LogP contribution in [0.4, 0.5) is 10.5 Å². The topological polar surface area (TPSA) is 100 Å². The van der Waals surface area contributed by atoms with Crippen LogP contribution in [-0.2, 0) is 16.0 Å². The summed E-state index contributed by atoms with van der Waals surface area (Å²) in [6.07, 6.45) is 1.77. The maximum absolute atomic E-state index is 11.9. The highest BCUT2D eigenvalue weighted by atomic mass is 16.5. The summed E-state index contributed by atoms with van der Waals surface area (Å²) in [4.78, 5) is 25.7. The largest absolute Gasteiger partial charge is 0.490 e. The van der Waals surface area contributed by atoms with E-state index in [4.69, 9.17) is 9.47 Å². The lowest BCUT2D eigenvalue weighted by atomic mass is 9.99. The zero-order valence-corrected chi connectivity index (χ0v) is 18.8. The number of aliphatic hydroxyl groups excluding tert-OH is 1. The lowest BCUT2D eigenvalue weighted by Gasteiger charge is -2.33. The number of carbonyl (C=O) groups excluding carboxylic acids is 2. The fourth-order valence-corrected chi connectivity index (χ4v) is 3.81. The molecular weight excluding hydrogens is 398 g/mol. The molecule has 2 aliphatic heterocycles. The van der Waals surface area contributed by atoms with Gasteiger partial charge in [0.1, 0.15) is 18.5 Å². The number of nitrogens with zero attached hydrogens (tertiary/aromatic N) is 1. The van der Waals surface area contributed by atoms with Crippen molar-refractivity contribution in [2.45, 2.75) is 58.6 Å². The first-order valence-electron chi connectivity index (χ1n) is 11.1. The average molecular weight is 434 g/mol. The van der Waals surface area contributed by atoms with Crippen LogP contribution in [0.25, 0.3) is 0 Å². The Bertz CT molecular complexity index is 769. The number of amides is 2. The number of hydrogen-bond donors (Lipinski definition) is 3. The number of anilines is 1. The number of carbonyl (C=O) groups is 2. The number of aliphatic hydroxyl groups is 1. The fraction of sp³-hybridized carbons (Fsp3) is 0.652. The molecule has 31 heavy (non-hydrogen) atoms. The molecule has 2 amide bonds. The number of hydrogen-bond acceptors (Lipinski definition) is 6. The molecule has 1 atom stereocenters. The highest BCUT2D eigenvalue weighted by Gasteiger charge is 2.24. The van der Waals surface area contributed by atoms with Gasteiger partial charge >= 0.3 is 6.09 Å². The van der Waals surface area contributed by atoms with Crippen molar-refractivity contribution in [1.29, 1.82) is 0 Å². The Morgan fingerprint density at radius 3 is 2.74 bits per heavy atom. The Kier molecular flexibility index (Phi) is 7.78. The molecule has 1 fully saturated rings. The number of fused-ring (bicyclic) bond motifs is 1. The van der Waals surface area contributed by atoms with Crippen LogP contribution in [0.2, 0.25) is 0 Å². The van der Waals surface area contributed by atoms with Crippen molar-refractivity contribution in [2.24, 2.45) is 5.41 Å². The van der Waals surface area contributed by atoms with Crippen molar-refractivity contribution in [2.75, 3.05) is 38.2 Å². The molecule has 0 aliphatic carbocycles. The molecule has 1 unspecified atom stereocenters. The SMILES string of the molecule is CC(C)(C)COC(=O)NC1CCN(CC(O)COc2cccc3c2CCC(=O)N3)CC1. The average Bonchev–Trinajstić information content (AvgIpc) is 2.71. The van der Waals surface area contributed by atoms with Gasteiger partial charge in [0.25, 0.3) is 0 Å². The van der Waals surface area contributed by atoms with E-state index in [1.165, 1.54) is 0 Å². The van der Waals surface area contributed by atoms with Crippen LogP contribution in [0.3, 0.4) is 0 Å². The lowest BCUT2D eigenvalue weighted by molar-refractivity contribution is -0.116. The number of β-amino-alcohol motifs (C(OH)–C–C–N with tert-alkyl or cyclic N) is 1. The molecule has 1 aromatic carbocycles. The Morgan fingerprint density at radius 2 is 2.03 bits per heavy atom. The van der Waals surface area contributed by atoms with Crippen LogP contribution in [-0.4, -0.2) is 67.0 Å². The third-order valence-electron chi connectivity index (χ3n) is 5.46.